The Hall–Kier alpha value is -1.20. The van der Waals surface area contributed by atoms with Gasteiger partial charge in [-0.3, -0.25) is 14.5 Å². The molecular formula is C9H13NO4. The average molecular weight is 199 g/mol. The SMILES string of the molecule is CC1=C(C)C(=O)N(C(CO)CO)C1=O. The molecule has 0 saturated carbocycles. The molecule has 0 aliphatic carbocycles. The molecule has 0 fully saturated rings. The predicted molar refractivity (Wildman–Crippen MR) is 48.2 cm³/mol. The first kappa shape index (κ1) is 10.9. The molecule has 0 radical (unpaired) electrons. The highest BCUT2D eigenvalue weighted by atomic mass is 16.3. The van der Waals surface area contributed by atoms with Crippen LogP contribution in [0.5, 0.6) is 0 Å². The van der Waals surface area contributed by atoms with Crippen molar-refractivity contribution in [1.29, 1.82) is 0 Å². The molecule has 2 N–H and O–H groups in total. The quantitative estimate of drug-likeness (QED) is 0.574. The molecule has 0 unspecified atom stereocenters. The average Bonchev–Trinajstić information content (AvgIpc) is 2.37. The summed E-state index contributed by atoms with van der Waals surface area (Å²) in [6.07, 6.45) is 0. The Morgan fingerprint density at radius 2 is 1.43 bits per heavy atom. The molecule has 14 heavy (non-hydrogen) atoms. The van der Waals surface area contributed by atoms with Gasteiger partial charge in [0.2, 0.25) is 0 Å². The van der Waals surface area contributed by atoms with E-state index < -0.39 is 31.1 Å². The molecule has 1 rings (SSSR count). The first-order chi connectivity index (χ1) is 6.54. The first-order valence-electron chi connectivity index (χ1n) is 4.31. The molecule has 5 heteroatoms. The Morgan fingerprint density at radius 1 is 1.07 bits per heavy atom. The zero-order chi connectivity index (χ0) is 10.9. The number of carbonyl (C=O) groups is 2. The van der Waals surface area contributed by atoms with E-state index in [4.69, 9.17) is 10.2 Å². The van der Waals surface area contributed by atoms with Crippen LogP contribution >= 0.6 is 0 Å². The van der Waals surface area contributed by atoms with Crippen molar-refractivity contribution in [3.8, 4) is 0 Å². The number of nitrogens with zero attached hydrogens (tertiary/aromatic N) is 1. The van der Waals surface area contributed by atoms with Crippen LogP contribution in [0.3, 0.4) is 0 Å². The Balaban J connectivity index is 2.96. The normalized spacial score (nSPS) is 17.6. The summed E-state index contributed by atoms with van der Waals surface area (Å²) in [6.45, 7) is 2.27. The fraction of sp³-hybridized carbons (Fsp3) is 0.556. The Labute approximate surface area is 81.6 Å². The van der Waals surface area contributed by atoms with Crippen LogP contribution in [0.1, 0.15) is 13.8 Å². The zero-order valence-electron chi connectivity index (χ0n) is 8.15. The number of aliphatic hydroxyl groups excluding tert-OH is 2. The summed E-state index contributed by atoms with van der Waals surface area (Å²) < 4.78 is 0. The van der Waals surface area contributed by atoms with Gasteiger partial charge in [0.05, 0.1) is 19.3 Å². The largest absolute Gasteiger partial charge is 0.394 e. The molecule has 0 atom stereocenters. The van der Waals surface area contributed by atoms with Gasteiger partial charge in [0, 0.05) is 11.1 Å². The number of hydrogen-bond donors (Lipinski definition) is 2. The van der Waals surface area contributed by atoms with Crippen LogP contribution in [0.4, 0.5) is 0 Å². The minimum atomic E-state index is -0.831. The smallest absolute Gasteiger partial charge is 0.257 e. The minimum Gasteiger partial charge on any atom is -0.394 e. The van der Waals surface area contributed by atoms with Gasteiger partial charge in [0.15, 0.2) is 0 Å². The lowest BCUT2D eigenvalue weighted by molar-refractivity contribution is -0.142. The predicted octanol–water partition coefficient (Wildman–Crippen LogP) is -0.955. The molecule has 5 nitrogen and oxygen atoms in total. The van der Waals surface area contributed by atoms with Gasteiger partial charge in [-0.25, -0.2) is 0 Å². The van der Waals surface area contributed by atoms with E-state index in [1.165, 1.54) is 0 Å². The van der Waals surface area contributed by atoms with Crippen LogP contribution in [-0.4, -0.2) is 46.2 Å². The molecule has 1 heterocycles. The monoisotopic (exact) mass is 199 g/mol. The molecule has 0 bridgehead atoms. The topological polar surface area (TPSA) is 77.8 Å². The van der Waals surface area contributed by atoms with Crippen LogP contribution in [-0.2, 0) is 9.59 Å². The standard InChI is InChI=1S/C9H13NO4/c1-5-6(2)9(14)10(8(5)13)7(3-11)4-12/h7,11-12H,3-4H2,1-2H3. The van der Waals surface area contributed by atoms with Crippen molar-refractivity contribution >= 4 is 11.8 Å². The number of imide groups is 1. The van der Waals surface area contributed by atoms with E-state index in [0.29, 0.717) is 11.1 Å². The second-order valence-electron chi connectivity index (χ2n) is 3.25. The molecule has 0 spiro atoms. The van der Waals surface area contributed by atoms with Gasteiger partial charge in [0.25, 0.3) is 11.8 Å². The van der Waals surface area contributed by atoms with Crippen molar-refractivity contribution in [2.24, 2.45) is 0 Å². The maximum absolute atomic E-state index is 11.5. The highest BCUT2D eigenvalue weighted by Gasteiger charge is 2.37. The second kappa shape index (κ2) is 3.89. The van der Waals surface area contributed by atoms with Crippen molar-refractivity contribution < 1.29 is 19.8 Å². The van der Waals surface area contributed by atoms with E-state index in [9.17, 15) is 9.59 Å². The highest BCUT2D eigenvalue weighted by Crippen LogP contribution is 2.21. The maximum Gasteiger partial charge on any atom is 0.257 e. The van der Waals surface area contributed by atoms with Gasteiger partial charge in [-0.1, -0.05) is 0 Å². The molecule has 78 valence electrons. The summed E-state index contributed by atoms with van der Waals surface area (Å²) >= 11 is 0. The fourth-order valence-corrected chi connectivity index (χ4v) is 1.33. The van der Waals surface area contributed by atoms with E-state index >= 15 is 0 Å². The van der Waals surface area contributed by atoms with Crippen molar-refractivity contribution in [2.45, 2.75) is 19.9 Å². The van der Waals surface area contributed by atoms with Crippen molar-refractivity contribution in [3.63, 3.8) is 0 Å². The molecule has 2 amide bonds. The third kappa shape index (κ3) is 1.44. The van der Waals surface area contributed by atoms with Crippen LogP contribution in [0.2, 0.25) is 0 Å². The van der Waals surface area contributed by atoms with E-state index in [1.54, 1.807) is 13.8 Å². The van der Waals surface area contributed by atoms with Gasteiger partial charge < -0.3 is 10.2 Å². The van der Waals surface area contributed by atoms with Gasteiger partial charge >= 0.3 is 0 Å². The molecule has 0 aromatic heterocycles. The number of aliphatic hydroxyl groups is 2. The Kier molecular flexibility index (Phi) is 3.03. The van der Waals surface area contributed by atoms with Crippen molar-refractivity contribution in [1.82, 2.24) is 4.90 Å². The zero-order valence-corrected chi connectivity index (χ0v) is 8.15. The van der Waals surface area contributed by atoms with E-state index in [2.05, 4.69) is 0 Å². The summed E-state index contributed by atoms with van der Waals surface area (Å²) in [5.41, 5.74) is 0.754. The number of hydrogen-bond acceptors (Lipinski definition) is 4. The summed E-state index contributed by atoms with van der Waals surface area (Å²) in [4.78, 5) is 23.9. The van der Waals surface area contributed by atoms with Crippen molar-refractivity contribution in [3.05, 3.63) is 11.1 Å². The molecule has 0 saturated heterocycles. The van der Waals surface area contributed by atoms with Crippen LogP contribution in [0, 0.1) is 0 Å². The van der Waals surface area contributed by atoms with E-state index in [0.717, 1.165) is 4.90 Å². The Morgan fingerprint density at radius 3 is 1.71 bits per heavy atom. The fourth-order valence-electron chi connectivity index (χ4n) is 1.33. The molecule has 0 aromatic rings. The Bertz CT molecular complexity index is 280. The van der Waals surface area contributed by atoms with Crippen LogP contribution < -0.4 is 0 Å². The summed E-state index contributed by atoms with van der Waals surface area (Å²) in [5.74, 6) is -0.860. The minimum absolute atomic E-state index is 0.377. The number of rotatable bonds is 3. The lowest BCUT2D eigenvalue weighted by Gasteiger charge is -2.22. The first-order valence-corrected chi connectivity index (χ1v) is 4.31. The number of carbonyl (C=O) groups excluding carboxylic acids is 2. The van der Waals surface area contributed by atoms with Gasteiger partial charge in [0.1, 0.15) is 0 Å². The van der Waals surface area contributed by atoms with Crippen LogP contribution in [0.15, 0.2) is 11.1 Å². The maximum atomic E-state index is 11.5. The molecule has 1 aliphatic heterocycles. The summed E-state index contributed by atoms with van der Waals surface area (Å²) in [5, 5.41) is 17.7. The third-order valence-corrected chi connectivity index (χ3v) is 2.43. The van der Waals surface area contributed by atoms with Gasteiger partial charge in [-0.15, -0.1) is 0 Å². The third-order valence-electron chi connectivity index (χ3n) is 2.43. The molecule has 1 aliphatic rings. The van der Waals surface area contributed by atoms with Gasteiger partial charge in [-0.05, 0) is 13.8 Å². The highest BCUT2D eigenvalue weighted by molar-refractivity contribution is 6.18. The summed E-state index contributed by atoms with van der Waals surface area (Å²) in [7, 11) is 0. The van der Waals surface area contributed by atoms with Gasteiger partial charge in [-0.2, -0.15) is 0 Å². The van der Waals surface area contributed by atoms with E-state index in [-0.39, 0.29) is 0 Å². The second-order valence-corrected chi connectivity index (χ2v) is 3.25. The molecule has 0 aromatic carbocycles. The van der Waals surface area contributed by atoms with Crippen molar-refractivity contribution in [2.75, 3.05) is 13.2 Å². The summed E-state index contributed by atoms with van der Waals surface area (Å²) in [6, 6.07) is -0.831. The van der Waals surface area contributed by atoms with E-state index in [1.807, 2.05) is 0 Å². The van der Waals surface area contributed by atoms with Crippen LogP contribution in [0.25, 0.3) is 0 Å². The lowest BCUT2D eigenvalue weighted by Crippen LogP contribution is -2.45. The lowest BCUT2D eigenvalue weighted by atomic mass is 10.2. The number of amides is 2. The molecular weight excluding hydrogens is 186 g/mol.